The molecule has 2 aromatic rings. The van der Waals surface area contributed by atoms with Gasteiger partial charge < -0.3 is 0 Å². The molecule has 1 aliphatic heterocycles. The van der Waals surface area contributed by atoms with Crippen molar-refractivity contribution >= 4 is 20.0 Å². The third kappa shape index (κ3) is 4.52. The van der Waals surface area contributed by atoms with Crippen molar-refractivity contribution in [3.8, 4) is 0 Å². The van der Waals surface area contributed by atoms with E-state index in [2.05, 4.69) is 0 Å². The first-order valence-electron chi connectivity index (χ1n) is 8.16. The van der Waals surface area contributed by atoms with Crippen molar-refractivity contribution in [3.63, 3.8) is 0 Å². The zero-order valence-corrected chi connectivity index (χ0v) is 15.9. The zero-order valence-electron chi connectivity index (χ0n) is 14.3. The van der Waals surface area contributed by atoms with Crippen LogP contribution in [0.5, 0.6) is 0 Å². The molecule has 0 aliphatic carbocycles. The predicted molar refractivity (Wildman–Crippen MR) is 95.8 cm³/mol. The van der Waals surface area contributed by atoms with Crippen molar-refractivity contribution < 1.29 is 25.6 Å². The number of hydrogen-bond acceptors (Lipinski definition) is 4. The van der Waals surface area contributed by atoms with Crippen molar-refractivity contribution in [2.75, 3.05) is 26.2 Å². The highest BCUT2D eigenvalue weighted by molar-refractivity contribution is 7.89. The molecule has 0 spiro atoms. The quantitative estimate of drug-likeness (QED) is 0.745. The second kappa shape index (κ2) is 7.63. The normalized spacial score (nSPS) is 17.1. The number of rotatable bonds is 5. The largest absolute Gasteiger partial charge is 0.243 e. The van der Waals surface area contributed by atoms with Gasteiger partial charge >= 0.3 is 0 Å². The van der Waals surface area contributed by atoms with Gasteiger partial charge in [0, 0.05) is 26.2 Å². The minimum Gasteiger partial charge on any atom is -0.212 e. The first kappa shape index (κ1) is 19.9. The van der Waals surface area contributed by atoms with Crippen molar-refractivity contribution in [2.24, 2.45) is 0 Å². The van der Waals surface area contributed by atoms with E-state index in [1.165, 1.54) is 34.6 Å². The summed E-state index contributed by atoms with van der Waals surface area (Å²) >= 11 is 0. The Morgan fingerprint density at radius 1 is 0.778 bits per heavy atom. The molecule has 10 heteroatoms. The van der Waals surface area contributed by atoms with Crippen molar-refractivity contribution in [1.29, 1.82) is 0 Å². The summed E-state index contributed by atoms with van der Waals surface area (Å²) in [6.45, 7) is -0.124. The summed E-state index contributed by atoms with van der Waals surface area (Å²) < 4.78 is 79.1. The van der Waals surface area contributed by atoms with Crippen LogP contribution in [0.4, 0.5) is 8.78 Å². The summed E-state index contributed by atoms with van der Waals surface area (Å²) in [5.74, 6) is -1.54. The average Bonchev–Trinajstić information content (AvgIpc) is 2.61. The van der Waals surface area contributed by atoms with Gasteiger partial charge in [-0.05, 0) is 35.9 Å². The molecule has 6 nitrogen and oxygen atoms in total. The maximum atomic E-state index is 13.3. The molecule has 0 amide bonds. The Morgan fingerprint density at radius 3 is 1.93 bits per heavy atom. The summed E-state index contributed by atoms with van der Waals surface area (Å²) in [6.07, 6.45) is 0. The highest BCUT2D eigenvalue weighted by Crippen LogP contribution is 2.20. The van der Waals surface area contributed by atoms with Gasteiger partial charge in [0.1, 0.15) is 11.6 Å². The number of halogens is 2. The first-order valence-corrected chi connectivity index (χ1v) is 11.2. The molecule has 0 N–H and O–H groups in total. The van der Waals surface area contributed by atoms with Gasteiger partial charge in [-0.2, -0.15) is 8.61 Å². The van der Waals surface area contributed by atoms with E-state index in [0.29, 0.717) is 5.56 Å². The lowest BCUT2D eigenvalue weighted by atomic mass is 10.2. The van der Waals surface area contributed by atoms with Gasteiger partial charge in [0.05, 0.1) is 10.6 Å². The molecular formula is C17H18F2N2O4S2. The monoisotopic (exact) mass is 416 g/mol. The van der Waals surface area contributed by atoms with Gasteiger partial charge in [-0.1, -0.05) is 18.2 Å². The van der Waals surface area contributed by atoms with E-state index in [1.807, 2.05) is 0 Å². The molecule has 2 aromatic carbocycles. The Morgan fingerprint density at radius 2 is 1.33 bits per heavy atom. The van der Waals surface area contributed by atoms with Crippen LogP contribution in [0, 0.1) is 11.6 Å². The van der Waals surface area contributed by atoms with Gasteiger partial charge in [-0.15, -0.1) is 0 Å². The van der Waals surface area contributed by atoms with Gasteiger partial charge in [0.15, 0.2) is 0 Å². The van der Waals surface area contributed by atoms with Gasteiger partial charge in [0.2, 0.25) is 20.0 Å². The number of nitrogens with zero attached hydrogens (tertiary/aromatic N) is 2. The molecule has 0 saturated carbocycles. The topological polar surface area (TPSA) is 74.8 Å². The van der Waals surface area contributed by atoms with E-state index >= 15 is 0 Å². The molecule has 0 unspecified atom stereocenters. The minimum absolute atomic E-state index is 0.0216. The van der Waals surface area contributed by atoms with E-state index in [4.69, 9.17) is 0 Å². The summed E-state index contributed by atoms with van der Waals surface area (Å²) in [6, 6.07) is 10.0. The van der Waals surface area contributed by atoms with Crippen LogP contribution in [0.25, 0.3) is 0 Å². The van der Waals surface area contributed by atoms with E-state index in [0.717, 1.165) is 22.5 Å². The minimum atomic E-state index is -3.90. The Labute approximate surface area is 157 Å². The van der Waals surface area contributed by atoms with Crippen molar-refractivity contribution in [1.82, 2.24) is 8.61 Å². The van der Waals surface area contributed by atoms with Gasteiger partial charge in [-0.25, -0.2) is 25.6 Å². The second-order valence-electron chi connectivity index (χ2n) is 6.15. The Hall–Kier alpha value is -1.88. The zero-order chi connectivity index (χ0) is 19.7. The maximum Gasteiger partial charge on any atom is 0.243 e. The number of benzene rings is 2. The fourth-order valence-corrected chi connectivity index (χ4v) is 5.85. The summed E-state index contributed by atoms with van der Waals surface area (Å²) in [5.41, 5.74) is 0.324. The lowest BCUT2D eigenvalue weighted by Crippen LogP contribution is -2.50. The third-order valence-electron chi connectivity index (χ3n) is 4.26. The lowest BCUT2D eigenvalue weighted by molar-refractivity contribution is 0.272. The molecule has 0 bridgehead atoms. The van der Waals surface area contributed by atoms with Crippen LogP contribution in [0.2, 0.25) is 0 Å². The van der Waals surface area contributed by atoms with Crippen LogP contribution < -0.4 is 0 Å². The first-order chi connectivity index (χ1) is 12.7. The smallest absolute Gasteiger partial charge is 0.212 e. The second-order valence-corrected chi connectivity index (χ2v) is 10.1. The van der Waals surface area contributed by atoms with E-state index < -0.39 is 31.7 Å². The average molecular weight is 416 g/mol. The van der Waals surface area contributed by atoms with E-state index in [-0.39, 0.29) is 36.8 Å². The van der Waals surface area contributed by atoms with Gasteiger partial charge in [0.25, 0.3) is 0 Å². The summed E-state index contributed by atoms with van der Waals surface area (Å²) in [7, 11) is -7.60. The summed E-state index contributed by atoms with van der Waals surface area (Å²) in [5, 5.41) is 0. The molecule has 0 atom stereocenters. The molecular weight excluding hydrogens is 398 g/mol. The van der Waals surface area contributed by atoms with Crippen LogP contribution in [0.15, 0.2) is 53.4 Å². The maximum absolute atomic E-state index is 13.3. The molecule has 1 saturated heterocycles. The molecule has 3 rings (SSSR count). The molecule has 1 fully saturated rings. The number of sulfonamides is 2. The third-order valence-corrected chi connectivity index (χ3v) is 8.01. The molecule has 146 valence electrons. The van der Waals surface area contributed by atoms with Gasteiger partial charge in [-0.3, -0.25) is 0 Å². The van der Waals surface area contributed by atoms with Crippen LogP contribution in [0.3, 0.4) is 0 Å². The molecule has 0 aromatic heterocycles. The molecule has 0 radical (unpaired) electrons. The van der Waals surface area contributed by atoms with Crippen LogP contribution in [0.1, 0.15) is 5.56 Å². The van der Waals surface area contributed by atoms with Crippen molar-refractivity contribution in [2.45, 2.75) is 10.6 Å². The molecule has 27 heavy (non-hydrogen) atoms. The highest BCUT2D eigenvalue weighted by atomic mass is 32.2. The highest BCUT2D eigenvalue weighted by Gasteiger charge is 2.33. The fraction of sp³-hybridized carbons (Fsp3) is 0.294. The van der Waals surface area contributed by atoms with Crippen LogP contribution in [-0.4, -0.2) is 51.6 Å². The van der Waals surface area contributed by atoms with E-state index in [9.17, 15) is 25.6 Å². The van der Waals surface area contributed by atoms with Crippen molar-refractivity contribution in [3.05, 3.63) is 65.7 Å². The molecule has 1 heterocycles. The standard InChI is InChI=1S/C17H18F2N2O4S2/c18-15-4-1-3-14(11-15)13-26(22,23)20-7-9-21(10-8-20)27(24,25)17-6-2-5-16(19)12-17/h1-6,11-12H,7-10,13H2. The predicted octanol–water partition coefficient (Wildman–Crippen LogP) is 1.80. The fourth-order valence-electron chi connectivity index (χ4n) is 2.89. The SMILES string of the molecule is O=S(=O)(Cc1cccc(F)c1)N1CCN(S(=O)(=O)c2cccc(F)c2)CC1. The molecule has 1 aliphatic rings. The Kier molecular flexibility index (Phi) is 5.61. The number of piperazine rings is 1. The Bertz CT molecular complexity index is 1030. The van der Waals surface area contributed by atoms with Crippen LogP contribution >= 0.6 is 0 Å². The lowest BCUT2D eigenvalue weighted by Gasteiger charge is -2.33. The number of hydrogen-bond donors (Lipinski definition) is 0. The summed E-state index contributed by atoms with van der Waals surface area (Å²) in [4.78, 5) is -0.168. The van der Waals surface area contributed by atoms with E-state index in [1.54, 1.807) is 0 Å². The van der Waals surface area contributed by atoms with Crippen LogP contribution in [-0.2, 0) is 25.8 Å². The Balaban J connectivity index is 1.69.